The van der Waals surface area contributed by atoms with Crippen molar-refractivity contribution in [2.45, 2.75) is 6.10 Å². The van der Waals surface area contributed by atoms with E-state index < -0.39 is 0 Å². The Morgan fingerprint density at radius 1 is 1.50 bits per heavy atom. The number of benzene rings is 1. The first kappa shape index (κ1) is 17.5. The molecule has 1 unspecified atom stereocenters. The molecule has 0 saturated carbocycles. The lowest BCUT2D eigenvalue weighted by molar-refractivity contribution is 0.106. The molecule has 1 rings (SSSR count). The first-order chi connectivity index (χ1) is 8.21. The zero-order valence-electron chi connectivity index (χ0n) is 10.7. The first-order valence-electron chi connectivity index (χ1n) is 5.38. The van der Waals surface area contributed by atoms with Crippen LogP contribution in [0.4, 0.5) is 0 Å². The molecular formula is C12H19ClIN3O. The van der Waals surface area contributed by atoms with E-state index in [-0.39, 0.29) is 30.1 Å². The molecular weight excluding hydrogens is 365 g/mol. The zero-order chi connectivity index (χ0) is 12.7. The van der Waals surface area contributed by atoms with Gasteiger partial charge in [0.15, 0.2) is 5.96 Å². The summed E-state index contributed by atoms with van der Waals surface area (Å²) in [5.41, 5.74) is 1.04. The second kappa shape index (κ2) is 9.41. The van der Waals surface area contributed by atoms with E-state index in [9.17, 15) is 0 Å². The van der Waals surface area contributed by atoms with Gasteiger partial charge in [-0.15, -0.1) is 24.0 Å². The number of nitrogens with zero attached hydrogens (tertiary/aromatic N) is 1. The van der Waals surface area contributed by atoms with Crippen molar-refractivity contribution in [3.8, 4) is 0 Å². The van der Waals surface area contributed by atoms with Crippen LogP contribution in [-0.4, -0.2) is 33.7 Å². The van der Waals surface area contributed by atoms with Gasteiger partial charge in [-0.25, -0.2) is 0 Å². The van der Waals surface area contributed by atoms with Gasteiger partial charge in [0.2, 0.25) is 0 Å². The Morgan fingerprint density at radius 3 is 2.72 bits per heavy atom. The number of rotatable bonds is 4. The van der Waals surface area contributed by atoms with E-state index in [1.165, 1.54) is 0 Å². The fourth-order valence-electron chi connectivity index (χ4n) is 1.51. The van der Waals surface area contributed by atoms with E-state index in [1.807, 2.05) is 31.3 Å². The highest BCUT2D eigenvalue weighted by molar-refractivity contribution is 14.0. The summed E-state index contributed by atoms with van der Waals surface area (Å²) >= 11 is 5.95. The van der Waals surface area contributed by atoms with Gasteiger partial charge in [0.25, 0.3) is 0 Å². The van der Waals surface area contributed by atoms with Crippen molar-refractivity contribution in [1.82, 2.24) is 10.6 Å². The third-order valence-electron chi connectivity index (χ3n) is 2.42. The summed E-state index contributed by atoms with van der Waals surface area (Å²) < 4.78 is 5.43. The van der Waals surface area contributed by atoms with Gasteiger partial charge in [0.1, 0.15) is 0 Å². The summed E-state index contributed by atoms with van der Waals surface area (Å²) in [4.78, 5) is 4.04. The molecule has 0 aromatic heterocycles. The minimum absolute atomic E-state index is 0. The number of nitrogens with one attached hydrogen (secondary N) is 2. The maximum Gasteiger partial charge on any atom is 0.190 e. The molecule has 0 aliphatic heterocycles. The lowest BCUT2D eigenvalue weighted by Gasteiger charge is -2.18. The molecule has 0 spiro atoms. The molecule has 0 aliphatic rings. The lowest BCUT2D eigenvalue weighted by atomic mass is 10.1. The minimum atomic E-state index is -0.0567. The van der Waals surface area contributed by atoms with Crippen LogP contribution in [-0.2, 0) is 4.74 Å². The molecule has 1 atom stereocenters. The van der Waals surface area contributed by atoms with Crippen LogP contribution >= 0.6 is 35.6 Å². The van der Waals surface area contributed by atoms with E-state index in [0.717, 1.165) is 11.5 Å². The quantitative estimate of drug-likeness (QED) is 0.477. The molecule has 0 heterocycles. The van der Waals surface area contributed by atoms with Crippen LogP contribution in [0.1, 0.15) is 11.7 Å². The topological polar surface area (TPSA) is 45.7 Å². The molecule has 0 radical (unpaired) electrons. The second-order valence-electron chi connectivity index (χ2n) is 3.48. The molecule has 6 heteroatoms. The molecule has 2 N–H and O–H groups in total. The van der Waals surface area contributed by atoms with Crippen molar-refractivity contribution in [3.05, 3.63) is 34.9 Å². The Bertz CT molecular complexity index is 387. The van der Waals surface area contributed by atoms with E-state index in [1.54, 1.807) is 14.2 Å². The average Bonchev–Trinajstić information content (AvgIpc) is 2.35. The van der Waals surface area contributed by atoms with E-state index in [0.29, 0.717) is 11.6 Å². The van der Waals surface area contributed by atoms with Crippen LogP contribution in [0.3, 0.4) is 0 Å². The van der Waals surface area contributed by atoms with Gasteiger partial charge in [-0.05, 0) is 17.7 Å². The average molecular weight is 384 g/mol. The zero-order valence-corrected chi connectivity index (χ0v) is 13.8. The third kappa shape index (κ3) is 5.41. The predicted octanol–water partition coefficient (Wildman–Crippen LogP) is 2.44. The third-order valence-corrected chi connectivity index (χ3v) is 2.66. The molecule has 1 aromatic carbocycles. The maximum atomic E-state index is 5.95. The van der Waals surface area contributed by atoms with Gasteiger partial charge >= 0.3 is 0 Å². The highest BCUT2D eigenvalue weighted by Crippen LogP contribution is 2.19. The summed E-state index contributed by atoms with van der Waals surface area (Å²) in [6.07, 6.45) is -0.0567. The summed E-state index contributed by atoms with van der Waals surface area (Å²) in [7, 11) is 5.21. The monoisotopic (exact) mass is 383 g/mol. The van der Waals surface area contributed by atoms with E-state index in [2.05, 4.69) is 15.6 Å². The maximum absolute atomic E-state index is 5.95. The normalized spacial score (nSPS) is 12.6. The Labute approximate surface area is 130 Å². The standard InChI is InChI=1S/C12H18ClN3O.HI/c1-14-12(15-2)16-8-11(17-3)9-5-4-6-10(13)7-9;/h4-7,11H,8H2,1-3H3,(H2,14,15,16);1H. The second-order valence-corrected chi connectivity index (χ2v) is 3.92. The van der Waals surface area contributed by atoms with Gasteiger partial charge in [0, 0.05) is 32.8 Å². The highest BCUT2D eigenvalue weighted by Gasteiger charge is 2.11. The number of aliphatic imine (C=N–C) groups is 1. The summed E-state index contributed by atoms with van der Waals surface area (Å²) in [6.45, 7) is 0.629. The van der Waals surface area contributed by atoms with Gasteiger partial charge in [-0.1, -0.05) is 23.7 Å². The molecule has 0 saturated heterocycles. The highest BCUT2D eigenvalue weighted by atomic mass is 127. The number of hydrogen-bond donors (Lipinski definition) is 2. The molecule has 4 nitrogen and oxygen atoms in total. The smallest absolute Gasteiger partial charge is 0.190 e. The molecule has 0 aliphatic carbocycles. The van der Waals surface area contributed by atoms with E-state index in [4.69, 9.17) is 16.3 Å². The fourth-order valence-corrected chi connectivity index (χ4v) is 1.71. The van der Waals surface area contributed by atoms with Gasteiger partial charge in [0.05, 0.1) is 6.10 Å². The summed E-state index contributed by atoms with van der Waals surface area (Å²) in [6, 6.07) is 7.65. The van der Waals surface area contributed by atoms with Crippen LogP contribution in [0, 0.1) is 0 Å². The summed E-state index contributed by atoms with van der Waals surface area (Å²) in [5.74, 6) is 0.731. The Hall–Kier alpha value is -0.530. The molecule has 0 amide bonds. The molecule has 18 heavy (non-hydrogen) atoms. The van der Waals surface area contributed by atoms with Gasteiger partial charge < -0.3 is 15.4 Å². The fraction of sp³-hybridized carbons (Fsp3) is 0.417. The number of halogens is 2. The Morgan fingerprint density at radius 2 is 2.22 bits per heavy atom. The molecule has 1 aromatic rings. The van der Waals surface area contributed by atoms with Crippen LogP contribution < -0.4 is 10.6 Å². The molecule has 102 valence electrons. The first-order valence-corrected chi connectivity index (χ1v) is 5.75. The van der Waals surface area contributed by atoms with Crippen molar-refractivity contribution < 1.29 is 4.74 Å². The van der Waals surface area contributed by atoms with E-state index >= 15 is 0 Å². The number of ether oxygens (including phenoxy) is 1. The van der Waals surface area contributed by atoms with Crippen molar-refractivity contribution >= 4 is 41.5 Å². The van der Waals surface area contributed by atoms with Crippen molar-refractivity contribution in [2.75, 3.05) is 27.7 Å². The largest absolute Gasteiger partial charge is 0.375 e. The van der Waals surface area contributed by atoms with Gasteiger partial charge in [-0.3, -0.25) is 4.99 Å². The molecule has 0 fully saturated rings. The van der Waals surface area contributed by atoms with Crippen molar-refractivity contribution in [3.63, 3.8) is 0 Å². The summed E-state index contributed by atoms with van der Waals surface area (Å²) in [5, 5.41) is 6.82. The van der Waals surface area contributed by atoms with Crippen molar-refractivity contribution in [2.24, 2.45) is 4.99 Å². The Balaban J connectivity index is 0.00000289. The number of guanidine groups is 1. The van der Waals surface area contributed by atoms with Crippen molar-refractivity contribution in [1.29, 1.82) is 0 Å². The minimum Gasteiger partial charge on any atom is -0.375 e. The predicted molar refractivity (Wildman–Crippen MR) is 87.0 cm³/mol. The van der Waals surface area contributed by atoms with Gasteiger partial charge in [-0.2, -0.15) is 0 Å². The van der Waals surface area contributed by atoms with Crippen LogP contribution in [0.25, 0.3) is 0 Å². The van der Waals surface area contributed by atoms with Crippen LogP contribution in [0.2, 0.25) is 5.02 Å². The SMILES string of the molecule is CN=C(NC)NCC(OC)c1cccc(Cl)c1.I. The number of methoxy groups -OCH3 is 1. The van der Waals surface area contributed by atoms with Crippen LogP contribution in [0.5, 0.6) is 0 Å². The van der Waals surface area contributed by atoms with Crippen LogP contribution in [0.15, 0.2) is 29.3 Å². The Kier molecular flexibility index (Phi) is 9.13. The molecule has 0 bridgehead atoms. The number of hydrogen-bond acceptors (Lipinski definition) is 2. The lowest BCUT2D eigenvalue weighted by Crippen LogP contribution is -2.37.